The highest BCUT2D eigenvalue weighted by Gasteiger charge is 2.19. The third-order valence-electron chi connectivity index (χ3n) is 5.97. The molecule has 1 aliphatic heterocycles. The maximum atomic E-state index is 12.3. The topological polar surface area (TPSA) is 65.1 Å². The molecule has 0 amide bonds. The predicted molar refractivity (Wildman–Crippen MR) is 131 cm³/mol. The molecule has 3 aromatic carbocycles. The van der Waals surface area contributed by atoms with Gasteiger partial charge in [-0.15, -0.1) is 0 Å². The molecule has 0 aliphatic carbocycles. The zero-order valence-electron chi connectivity index (χ0n) is 19.7. The predicted octanol–water partition coefficient (Wildman–Crippen LogP) is 4.35. The van der Waals surface area contributed by atoms with Crippen molar-refractivity contribution >= 4 is 9.84 Å². The molecular formula is C27H31NO5S. The van der Waals surface area contributed by atoms with Gasteiger partial charge in [-0.3, -0.25) is 4.90 Å². The Labute approximate surface area is 202 Å². The van der Waals surface area contributed by atoms with Crippen LogP contribution in [0.3, 0.4) is 0 Å². The van der Waals surface area contributed by atoms with Crippen molar-refractivity contribution in [2.75, 3.05) is 26.6 Å². The van der Waals surface area contributed by atoms with Gasteiger partial charge < -0.3 is 14.2 Å². The van der Waals surface area contributed by atoms with Crippen molar-refractivity contribution in [3.05, 3.63) is 94.5 Å². The summed E-state index contributed by atoms with van der Waals surface area (Å²) >= 11 is 0. The average molecular weight is 482 g/mol. The van der Waals surface area contributed by atoms with Crippen LogP contribution >= 0.6 is 0 Å². The second-order valence-corrected chi connectivity index (χ2v) is 10.6. The standard InChI is InChI=1S/C27H31NO5S/c1-31-13-14-34(29,30)26-10-7-21(8-11-26)19-33-27-12-9-22(15-25(27)20-32-2)16-28-17-23-5-3-4-6-24(23)18-28/h3-12,15H,13-14,16-20H2,1-2H3. The molecule has 0 aromatic heterocycles. The van der Waals surface area contributed by atoms with Crippen LogP contribution in [-0.2, 0) is 52.2 Å². The summed E-state index contributed by atoms with van der Waals surface area (Å²) < 4.78 is 41.0. The molecule has 34 heavy (non-hydrogen) atoms. The molecule has 3 aromatic rings. The highest BCUT2D eigenvalue weighted by molar-refractivity contribution is 7.91. The van der Waals surface area contributed by atoms with E-state index in [9.17, 15) is 8.42 Å². The Morgan fingerprint density at radius 3 is 2.15 bits per heavy atom. The summed E-state index contributed by atoms with van der Waals surface area (Å²) in [4.78, 5) is 2.72. The van der Waals surface area contributed by atoms with E-state index in [0.717, 1.165) is 36.5 Å². The molecule has 0 saturated carbocycles. The number of hydrogen-bond acceptors (Lipinski definition) is 6. The Morgan fingerprint density at radius 2 is 1.50 bits per heavy atom. The Bertz CT molecular complexity index is 1180. The van der Waals surface area contributed by atoms with E-state index in [-0.39, 0.29) is 12.4 Å². The van der Waals surface area contributed by atoms with Crippen LogP contribution in [-0.4, -0.2) is 39.9 Å². The molecule has 1 aliphatic rings. The van der Waals surface area contributed by atoms with Gasteiger partial charge in [0.1, 0.15) is 12.4 Å². The Hall–Kier alpha value is -2.71. The monoisotopic (exact) mass is 481 g/mol. The third-order valence-corrected chi connectivity index (χ3v) is 7.66. The molecule has 180 valence electrons. The molecule has 4 rings (SSSR count). The fourth-order valence-electron chi connectivity index (χ4n) is 4.18. The molecule has 0 fully saturated rings. The van der Waals surface area contributed by atoms with E-state index in [0.29, 0.717) is 18.1 Å². The molecule has 7 heteroatoms. The Kier molecular flexibility index (Phi) is 8.00. The van der Waals surface area contributed by atoms with Crippen molar-refractivity contribution in [1.29, 1.82) is 0 Å². The number of nitrogens with zero attached hydrogens (tertiary/aromatic N) is 1. The minimum Gasteiger partial charge on any atom is -0.489 e. The van der Waals surface area contributed by atoms with E-state index in [2.05, 4.69) is 41.3 Å². The lowest BCUT2D eigenvalue weighted by molar-refractivity contribution is 0.179. The quantitative estimate of drug-likeness (QED) is 0.406. The molecule has 0 atom stereocenters. The highest BCUT2D eigenvalue weighted by atomic mass is 32.2. The second kappa shape index (κ2) is 11.1. The SMILES string of the molecule is COCCS(=O)(=O)c1ccc(COc2ccc(CN3Cc4ccccc4C3)cc2COC)cc1. The van der Waals surface area contributed by atoms with Crippen molar-refractivity contribution in [3.63, 3.8) is 0 Å². The summed E-state index contributed by atoms with van der Waals surface area (Å²) in [5.74, 6) is 0.738. The minimum absolute atomic E-state index is 0.0322. The van der Waals surface area contributed by atoms with Crippen molar-refractivity contribution in [3.8, 4) is 5.75 Å². The van der Waals surface area contributed by atoms with Gasteiger partial charge in [-0.1, -0.05) is 42.5 Å². The summed E-state index contributed by atoms with van der Waals surface area (Å²) in [6.45, 7) is 3.77. The van der Waals surface area contributed by atoms with Gasteiger partial charge in [-0.2, -0.15) is 0 Å². The molecule has 0 spiro atoms. The van der Waals surface area contributed by atoms with E-state index in [4.69, 9.17) is 14.2 Å². The first-order valence-corrected chi connectivity index (χ1v) is 13.0. The molecule has 0 bridgehead atoms. The van der Waals surface area contributed by atoms with Gasteiger partial charge in [-0.25, -0.2) is 8.42 Å². The number of rotatable bonds is 11. The van der Waals surface area contributed by atoms with Gasteiger partial charge >= 0.3 is 0 Å². The van der Waals surface area contributed by atoms with Crippen molar-refractivity contribution < 1.29 is 22.6 Å². The molecule has 6 nitrogen and oxygen atoms in total. The van der Waals surface area contributed by atoms with Gasteiger partial charge in [0.25, 0.3) is 0 Å². The normalized spacial score (nSPS) is 13.7. The van der Waals surface area contributed by atoms with E-state index in [1.165, 1.54) is 23.8 Å². The first-order valence-electron chi connectivity index (χ1n) is 11.3. The lowest BCUT2D eigenvalue weighted by atomic mass is 10.1. The van der Waals surface area contributed by atoms with Crippen LogP contribution in [0, 0.1) is 0 Å². The maximum absolute atomic E-state index is 12.3. The van der Waals surface area contributed by atoms with Crippen molar-refractivity contribution in [2.24, 2.45) is 0 Å². The number of ether oxygens (including phenoxy) is 3. The zero-order valence-corrected chi connectivity index (χ0v) is 20.5. The van der Waals surface area contributed by atoms with Crippen LogP contribution in [0.1, 0.15) is 27.8 Å². The van der Waals surface area contributed by atoms with Crippen LogP contribution in [0.2, 0.25) is 0 Å². The number of fused-ring (bicyclic) bond motifs is 1. The van der Waals surface area contributed by atoms with Crippen LogP contribution in [0.25, 0.3) is 0 Å². The number of hydrogen-bond donors (Lipinski definition) is 0. The van der Waals surface area contributed by atoms with Gasteiger partial charge in [0, 0.05) is 39.4 Å². The van der Waals surface area contributed by atoms with E-state index >= 15 is 0 Å². The fourth-order valence-corrected chi connectivity index (χ4v) is 5.35. The lowest BCUT2D eigenvalue weighted by Gasteiger charge is -2.17. The van der Waals surface area contributed by atoms with Crippen LogP contribution in [0.15, 0.2) is 71.6 Å². The average Bonchev–Trinajstić information content (AvgIpc) is 3.25. The second-order valence-electron chi connectivity index (χ2n) is 8.53. The number of benzene rings is 3. The Balaban J connectivity index is 1.39. The number of methoxy groups -OCH3 is 2. The molecule has 0 radical (unpaired) electrons. The molecular weight excluding hydrogens is 450 g/mol. The first-order chi connectivity index (χ1) is 16.5. The van der Waals surface area contributed by atoms with E-state index in [1.54, 1.807) is 31.4 Å². The molecule has 0 unspecified atom stereocenters. The van der Waals surface area contributed by atoms with Crippen molar-refractivity contribution in [2.45, 2.75) is 37.7 Å². The summed E-state index contributed by atoms with van der Waals surface area (Å²) in [7, 11) is -0.170. The van der Waals surface area contributed by atoms with Crippen LogP contribution in [0.5, 0.6) is 5.75 Å². The summed E-state index contributed by atoms with van der Waals surface area (Å²) in [6, 6.07) is 21.7. The first kappa shape index (κ1) is 24.4. The van der Waals surface area contributed by atoms with Crippen molar-refractivity contribution in [1.82, 2.24) is 4.90 Å². The molecule has 0 saturated heterocycles. The van der Waals surface area contributed by atoms with Crippen LogP contribution < -0.4 is 4.74 Å². The summed E-state index contributed by atoms with van der Waals surface area (Å²) in [5, 5.41) is 0. The van der Waals surface area contributed by atoms with Gasteiger partial charge in [-0.05, 0) is 46.5 Å². The molecule has 1 heterocycles. The maximum Gasteiger partial charge on any atom is 0.180 e. The largest absolute Gasteiger partial charge is 0.489 e. The van der Waals surface area contributed by atoms with E-state index < -0.39 is 9.84 Å². The van der Waals surface area contributed by atoms with E-state index in [1.807, 2.05) is 6.07 Å². The smallest absolute Gasteiger partial charge is 0.180 e. The fraction of sp³-hybridized carbons (Fsp3) is 0.333. The molecule has 0 N–H and O–H groups in total. The van der Waals surface area contributed by atoms with Crippen LogP contribution in [0.4, 0.5) is 0 Å². The zero-order chi connectivity index (χ0) is 24.0. The summed E-state index contributed by atoms with van der Waals surface area (Å²) in [6.07, 6.45) is 0. The van der Waals surface area contributed by atoms with Gasteiger partial charge in [0.2, 0.25) is 0 Å². The van der Waals surface area contributed by atoms with Gasteiger partial charge in [0.15, 0.2) is 9.84 Å². The summed E-state index contributed by atoms with van der Waals surface area (Å²) in [5.41, 5.74) is 5.91. The third kappa shape index (κ3) is 6.04. The Morgan fingerprint density at radius 1 is 0.824 bits per heavy atom. The minimum atomic E-state index is -3.34. The van der Waals surface area contributed by atoms with Gasteiger partial charge in [0.05, 0.1) is 23.9 Å². The number of sulfone groups is 1. The lowest BCUT2D eigenvalue weighted by Crippen LogP contribution is -2.15. The highest BCUT2D eigenvalue weighted by Crippen LogP contribution is 2.27.